The molecule has 0 amide bonds. The van der Waals surface area contributed by atoms with Crippen LogP contribution in [-0.4, -0.2) is 53.6 Å². The summed E-state index contributed by atoms with van der Waals surface area (Å²) in [6.45, 7) is 5.25. The first-order chi connectivity index (χ1) is 11.3. The van der Waals surface area contributed by atoms with Gasteiger partial charge in [-0.15, -0.1) is 10.2 Å². The van der Waals surface area contributed by atoms with Gasteiger partial charge in [0.15, 0.2) is 0 Å². The normalized spacial score (nSPS) is 14.7. The van der Waals surface area contributed by atoms with E-state index in [1.807, 2.05) is 25.1 Å². The van der Waals surface area contributed by atoms with Gasteiger partial charge in [0.25, 0.3) is 0 Å². The van der Waals surface area contributed by atoms with Crippen molar-refractivity contribution >= 4 is 11.7 Å². The van der Waals surface area contributed by atoms with Crippen molar-refractivity contribution in [3.63, 3.8) is 0 Å². The van der Waals surface area contributed by atoms with E-state index in [-0.39, 0.29) is 5.97 Å². The number of carbonyl (C=O) groups is 1. The third-order valence-electron chi connectivity index (χ3n) is 3.71. The molecule has 1 aliphatic rings. The Morgan fingerprint density at radius 2 is 2.00 bits per heavy atom. The van der Waals surface area contributed by atoms with E-state index in [0.29, 0.717) is 25.4 Å². The van der Waals surface area contributed by atoms with Gasteiger partial charge in [-0.1, -0.05) is 6.92 Å². The van der Waals surface area contributed by atoms with Crippen molar-refractivity contribution in [2.75, 3.05) is 37.8 Å². The summed E-state index contributed by atoms with van der Waals surface area (Å²) in [6, 6.07) is 5.72. The second-order valence-electron chi connectivity index (χ2n) is 5.31. The van der Waals surface area contributed by atoms with Crippen LogP contribution in [0.25, 0.3) is 5.69 Å². The van der Waals surface area contributed by atoms with E-state index in [1.165, 1.54) is 0 Å². The molecule has 0 aliphatic carbocycles. The van der Waals surface area contributed by atoms with E-state index < -0.39 is 0 Å². The number of morpholine rings is 1. The highest BCUT2D eigenvalue weighted by molar-refractivity contribution is 5.96. The molecule has 3 rings (SSSR count). The van der Waals surface area contributed by atoms with Crippen LogP contribution < -0.4 is 4.90 Å². The number of hydrogen-bond donors (Lipinski definition) is 0. The van der Waals surface area contributed by atoms with Crippen LogP contribution in [0.15, 0.2) is 30.9 Å². The number of esters is 1. The Morgan fingerprint density at radius 3 is 2.70 bits per heavy atom. The van der Waals surface area contributed by atoms with E-state index in [1.54, 1.807) is 17.2 Å². The van der Waals surface area contributed by atoms with Crippen molar-refractivity contribution in [1.82, 2.24) is 14.8 Å². The second kappa shape index (κ2) is 7.23. The molecular formula is C16H20N4O3. The van der Waals surface area contributed by atoms with Crippen LogP contribution in [0.3, 0.4) is 0 Å². The smallest absolute Gasteiger partial charge is 0.340 e. The quantitative estimate of drug-likeness (QED) is 0.782. The molecule has 23 heavy (non-hydrogen) atoms. The lowest BCUT2D eigenvalue weighted by Crippen LogP contribution is -2.37. The van der Waals surface area contributed by atoms with Gasteiger partial charge in [0, 0.05) is 18.8 Å². The van der Waals surface area contributed by atoms with Crippen LogP contribution >= 0.6 is 0 Å². The van der Waals surface area contributed by atoms with E-state index in [4.69, 9.17) is 9.47 Å². The maximum Gasteiger partial charge on any atom is 0.340 e. The number of hydrogen-bond acceptors (Lipinski definition) is 6. The van der Waals surface area contributed by atoms with Crippen LogP contribution in [0.2, 0.25) is 0 Å². The van der Waals surface area contributed by atoms with E-state index in [9.17, 15) is 4.79 Å². The Balaban J connectivity index is 1.95. The summed E-state index contributed by atoms with van der Waals surface area (Å²) in [5, 5.41) is 7.61. The zero-order chi connectivity index (χ0) is 16.1. The standard InChI is InChI=1S/C16H20N4O3/c1-2-7-23-16(21)14-10-13(20-11-17-18-12-20)3-4-15(14)19-5-8-22-9-6-19/h3-4,10-12H,2,5-9H2,1H3. The molecule has 7 heteroatoms. The van der Waals surface area contributed by atoms with Crippen molar-refractivity contribution < 1.29 is 14.3 Å². The van der Waals surface area contributed by atoms with Crippen molar-refractivity contribution in [3.8, 4) is 5.69 Å². The minimum Gasteiger partial charge on any atom is -0.462 e. The summed E-state index contributed by atoms with van der Waals surface area (Å²) in [4.78, 5) is 14.6. The van der Waals surface area contributed by atoms with Gasteiger partial charge in [0.1, 0.15) is 12.7 Å². The molecule has 2 aromatic rings. The van der Waals surface area contributed by atoms with Crippen molar-refractivity contribution in [1.29, 1.82) is 0 Å². The second-order valence-corrected chi connectivity index (χ2v) is 5.31. The molecule has 7 nitrogen and oxygen atoms in total. The minimum atomic E-state index is -0.303. The van der Waals surface area contributed by atoms with Crippen LogP contribution in [0.5, 0.6) is 0 Å². The minimum absolute atomic E-state index is 0.303. The van der Waals surface area contributed by atoms with Gasteiger partial charge in [0.2, 0.25) is 0 Å². The third kappa shape index (κ3) is 3.50. The Kier molecular flexibility index (Phi) is 4.87. The molecule has 0 bridgehead atoms. The maximum absolute atomic E-state index is 12.5. The summed E-state index contributed by atoms with van der Waals surface area (Å²) in [7, 11) is 0. The molecular weight excluding hydrogens is 296 g/mol. The molecule has 2 heterocycles. The number of benzene rings is 1. The van der Waals surface area contributed by atoms with Crippen LogP contribution in [-0.2, 0) is 9.47 Å². The summed E-state index contributed by atoms with van der Waals surface area (Å²) in [6.07, 6.45) is 4.00. The van der Waals surface area contributed by atoms with Crippen LogP contribution in [0.1, 0.15) is 23.7 Å². The third-order valence-corrected chi connectivity index (χ3v) is 3.71. The van der Waals surface area contributed by atoms with Gasteiger partial charge in [0.05, 0.1) is 31.1 Å². The number of carbonyl (C=O) groups excluding carboxylic acids is 1. The Bertz CT molecular complexity index is 651. The highest BCUT2D eigenvalue weighted by Gasteiger charge is 2.20. The lowest BCUT2D eigenvalue weighted by atomic mass is 10.1. The Labute approximate surface area is 134 Å². The number of ether oxygens (including phenoxy) is 2. The van der Waals surface area contributed by atoms with E-state index >= 15 is 0 Å². The fourth-order valence-corrected chi connectivity index (χ4v) is 2.53. The molecule has 1 fully saturated rings. The predicted molar refractivity (Wildman–Crippen MR) is 85.0 cm³/mol. The number of rotatable bonds is 5. The van der Waals surface area contributed by atoms with Gasteiger partial charge < -0.3 is 14.4 Å². The van der Waals surface area contributed by atoms with E-state index in [2.05, 4.69) is 15.1 Å². The fraction of sp³-hybridized carbons (Fsp3) is 0.438. The Morgan fingerprint density at radius 1 is 1.26 bits per heavy atom. The van der Waals surface area contributed by atoms with Crippen molar-refractivity contribution in [3.05, 3.63) is 36.4 Å². The molecule has 0 atom stereocenters. The maximum atomic E-state index is 12.5. The van der Waals surface area contributed by atoms with Crippen molar-refractivity contribution in [2.45, 2.75) is 13.3 Å². The summed E-state index contributed by atoms with van der Waals surface area (Å²) < 4.78 is 12.5. The lowest BCUT2D eigenvalue weighted by Gasteiger charge is -2.30. The largest absolute Gasteiger partial charge is 0.462 e. The molecule has 1 saturated heterocycles. The van der Waals surface area contributed by atoms with Crippen LogP contribution in [0, 0.1) is 0 Å². The zero-order valence-electron chi connectivity index (χ0n) is 13.1. The SMILES string of the molecule is CCCOC(=O)c1cc(-n2cnnc2)ccc1N1CCOCC1. The lowest BCUT2D eigenvalue weighted by molar-refractivity contribution is 0.0505. The zero-order valence-corrected chi connectivity index (χ0v) is 13.1. The first-order valence-electron chi connectivity index (χ1n) is 7.78. The fourth-order valence-electron chi connectivity index (χ4n) is 2.53. The summed E-state index contributed by atoms with van der Waals surface area (Å²) in [5.41, 5.74) is 2.27. The highest BCUT2D eigenvalue weighted by Crippen LogP contribution is 2.25. The molecule has 0 spiro atoms. The Hall–Kier alpha value is -2.41. The van der Waals surface area contributed by atoms with Gasteiger partial charge in [-0.2, -0.15) is 0 Å². The monoisotopic (exact) mass is 316 g/mol. The molecule has 122 valence electrons. The first-order valence-corrected chi connectivity index (χ1v) is 7.78. The van der Waals surface area contributed by atoms with Gasteiger partial charge in [-0.25, -0.2) is 4.79 Å². The topological polar surface area (TPSA) is 69.5 Å². The molecule has 0 radical (unpaired) electrons. The summed E-state index contributed by atoms with van der Waals surface area (Å²) >= 11 is 0. The number of anilines is 1. The van der Waals surface area contributed by atoms with E-state index in [0.717, 1.165) is 30.9 Å². The average Bonchev–Trinajstić information content (AvgIpc) is 3.14. The van der Waals surface area contributed by atoms with Crippen molar-refractivity contribution in [2.24, 2.45) is 0 Å². The summed E-state index contributed by atoms with van der Waals surface area (Å²) in [5.74, 6) is -0.303. The van der Waals surface area contributed by atoms with Gasteiger partial charge >= 0.3 is 5.97 Å². The highest BCUT2D eigenvalue weighted by atomic mass is 16.5. The molecule has 0 saturated carbocycles. The van der Waals surface area contributed by atoms with Gasteiger partial charge in [-0.05, 0) is 24.6 Å². The molecule has 1 aromatic carbocycles. The average molecular weight is 316 g/mol. The number of aromatic nitrogens is 3. The predicted octanol–water partition coefficient (Wildman–Crippen LogP) is 1.67. The molecule has 0 unspecified atom stereocenters. The number of nitrogens with zero attached hydrogens (tertiary/aromatic N) is 4. The molecule has 1 aromatic heterocycles. The molecule has 0 N–H and O–H groups in total. The molecule has 1 aliphatic heterocycles. The van der Waals surface area contributed by atoms with Crippen LogP contribution in [0.4, 0.5) is 5.69 Å². The van der Waals surface area contributed by atoms with Gasteiger partial charge in [-0.3, -0.25) is 4.57 Å². The first kappa shape index (κ1) is 15.5.